The minimum absolute atomic E-state index is 0.0121. The van der Waals surface area contributed by atoms with Crippen LogP contribution in [-0.2, 0) is 29.2 Å². The van der Waals surface area contributed by atoms with E-state index in [1.165, 1.54) is 29.2 Å². The van der Waals surface area contributed by atoms with Crippen molar-refractivity contribution in [1.82, 2.24) is 29.4 Å². The predicted molar refractivity (Wildman–Crippen MR) is 139 cm³/mol. The molecule has 2 aliphatic rings. The fourth-order valence-electron chi connectivity index (χ4n) is 5.51. The highest BCUT2D eigenvalue weighted by atomic mass is 32.2. The minimum atomic E-state index is -4.71. The van der Waals surface area contributed by atoms with Gasteiger partial charge in [-0.3, -0.25) is 9.78 Å². The van der Waals surface area contributed by atoms with Crippen molar-refractivity contribution < 1.29 is 35.5 Å². The molecule has 1 N–H and O–H groups in total. The van der Waals surface area contributed by atoms with Gasteiger partial charge in [-0.2, -0.15) is 27.3 Å². The number of pyridine rings is 1. The molecule has 1 aliphatic carbocycles. The smallest absolute Gasteiger partial charge is 0.291 e. The van der Waals surface area contributed by atoms with E-state index in [9.17, 15) is 30.8 Å². The number of H-pyrrole nitrogens is 1. The molecular formula is C27H24F4N7O3S+. The number of nitrogens with zero attached hydrogens (tertiary/aromatic N) is 6. The van der Waals surface area contributed by atoms with Gasteiger partial charge in [-0.1, -0.05) is 10.8 Å². The highest BCUT2D eigenvalue weighted by Crippen LogP contribution is 2.47. The number of alkyl halides is 3. The molecule has 1 atom stereocenters. The maximum Gasteiger partial charge on any atom is 0.416 e. The average Bonchev–Trinajstić information content (AvgIpc) is 3.63. The number of ketones is 1. The lowest BCUT2D eigenvalue weighted by Gasteiger charge is -2.44. The van der Waals surface area contributed by atoms with Crippen LogP contribution in [-0.4, -0.2) is 56.7 Å². The maximum absolute atomic E-state index is 14.2. The number of piperidine rings is 1. The zero-order chi connectivity index (χ0) is 29.9. The van der Waals surface area contributed by atoms with Crippen molar-refractivity contribution in [3.63, 3.8) is 0 Å². The van der Waals surface area contributed by atoms with Crippen LogP contribution in [0.4, 0.5) is 17.6 Å². The fraction of sp³-hybridized carbons (Fsp3) is 0.296. The summed E-state index contributed by atoms with van der Waals surface area (Å²) in [7, 11) is -4.17. The number of carbonyl (C=O) groups is 1. The highest BCUT2D eigenvalue weighted by molar-refractivity contribution is 7.89. The molecule has 0 amide bonds. The van der Waals surface area contributed by atoms with Crippen LogP contribution >= 0.6 is 0 Å². The van der Waals surface area contributed by atoms with Gasteiger partial charge in [0.05, 0.1) is 33.7 Å². The van der Waals surface area contributed by atoms with Gasteiger partial charge >= 0.3 is 11.2 Å². The van der Waals surface area contributed by atoms with Crippen molar-refractivity contribution in [2.45, 2.75) is 37.5 Å². The lowest BCUT2D eigenvalue weighted by atomic mass is 9.65. The lowest BCUT2D eigenvalue weighted by Crippen LogP contribution is -2.53. The first-order valence-electron chi connectivity index (χ1n) is 13.0. The molecule has 0 saturated carbocycles. The van der Waals surface area contributed by atoms with Gasteiger partial charge in [-0.15, -0.1) is 0 Å². The molecule has 0 spiro atoms. The van der Waals surface area contributed by atoms with E-state index >= 15 is 0 Å². The molecule has 218 valence electrons. The first-order valence-corrected chi connectivity index (χ1v) is 14.4. The lowest BCUT2D eigenvalue weighted by molar-refractivity contribution is -0.751. The Hall–Kier alpha value is -4.24. The van der Waals surface area contributed by atoms with Crippen molar-refractivity contribution in [2.75, 3.05) is 13.1 Å². The molecule has 6 rings (SSSR count). The summed E-state index contributed by atoms with van der Waals surface area (Å²) in [6, 6.07) is 7.12. The number of benzene rings is 1. The van der Waals surface area contributed by atoms with Gasteiger partial charge in [0.1, 0.15) is 18.1 Å². The Labute approximate surface area is 237 Å². The summed E-state index contributed by atoms with van der Waals surface area (Å²) in [6.07, 6.45) is 0.886. The van der Waals surface area contributed by atoms with E-state index in [0.29, 0.717) is 35.1 Å². The number of halogens is 4. The Balaban J connectivity index is 1.46. The number of aryl methyl sites for hydroxylation is 1. The van der Waals surface area contributed by atoms with Crippen LogP contribution in [0.25, 0.3) is 11.8 Å². The number of aromatic amines is 1. The Bertz CT molecular complexity index is 1830. The normalized spacial score (nSPS) is 19.2. The largest absolute Gasteiger partial charge is 0.416 e. The third-order valence-corrected chi connectivity index (χ3v) is 9.42. The molecule has 0 unspecified atom stereocenters. The second kappa shape index (κ2) is 9.94. The predicted octanol–water partition coefficient (Wildman–Crippen LogP) is 3.36. The molecule has 1 aliphatic heterocycles. The maximum atomic E-state index is 14.2. The summed E-state index contributed by atoms with van der Waals surface area (Å²) in [4.78, 5) is 18.2. The van der Waals surface area contributed by atoms with Crippen molar-refractivity contribution in [3.05, 3.63) is 88.9 Å². The molecule has 1 fully saturated rings. The van der Waals surface area contributed by atoms with E-state index in [1.807, 2.05) is 0 Å². The van der Waals surface area contributed by atoms with Crippen LogP contribution in [0.3, 0.4) is 0 Å². The first-order chi connectivity index (χ1) is 19.9. The number of aromatic nitrogens is 6. The Morgan fingerprint density at radius 1 is 1.19 bits per heavy atom. The molecule has 42 heavy (non-hydrogen) atoms. The van der Waals surface area contributed by atoms with Gasteiger partial charge in [0, 0.05) is 19.3 Å². The average molecular weight is 603 g/mol. The molecule has 0 radical (unpaired) electrons. The van der Waals surface area contributed by atoms with Gasteiger partial charge in [0.15, 0.2) is 12.0 Å². The quantitative estimate of drug-likeness (QED) is 0.206. The van der Waals surface area contributed by atoms with Crippen LogP contribution in [0, 0.1) is 11.2 Å². The van der Waals surface area contributed by atoms with Gasteiger partial charge in [-0.25, -0.2) is 17.5 Å². The monoisotopic (exact) mass is 602 g/mol. The van der Waals surface area contributed by atoms with E-state index < -0.39 is 44.5 Å². The summed E-state index contributed by atoms with van der Waals surface area (Å²) >= 11 is 0. The summed E-state index contributed by atoms with van der Waals surface area (Å²) in [6.45, 7) is 1.92. The topological polar surface area (TPSA) is 118 Å². The number of carbonyl (C=O) groups excluding carboxylic acids is 1. The minimum Gasteiger partial charge on any atom is -0.291 e. The summed E-state index contributed by atoms with van der Waals surface area (Å²) in [5.41, 5.74) is -0.715. The van der Waals surface area contributed by atoms with E-state index in [-0.39, 0.29) is 31.0 Å². The Kier molecular flexibility index (Phi) is 6.61. The number of nitrogens with one attached hydrogen (secondary N) is 1. The number of sulfonamides is 1. The Morgan fingerprint density at radius 3 is 2.64 bits per heavy atom. The fourth-order valence-corrected chi connectivity index (χ4v) is 6.91. The van der Waals surface area contributed by atoms with Crippen molar-refractivity contribution in [2.24, 2.45) is 5.41 Å². The van der Waals surface area contributed by atoms with Crippen molar-refractivity contribution in [3.8, 4) is 5.69 Å². The number of hydrogen-bond acceptors (Lipinski definition) is 6. The molecule has 0 bridgehead atoms. The molecule has 10 nitrogen and oxygen atoms in total. The SMILES string of the molecule is CC[n+]1cc(S(=O)(=O)N2CCC3=Cc4c(cnn4-c4ccc(F)cc4)C[C@]3(C(=O)c3cc(C(F)(F)F)ccn3)C2)n[nH]1. The van der Waals surface area contributed by atoms with Crippen LogP contribution in [0.1, 0.15) is 40.7 Å². The number of fused-ring (bicyclic) bond motifs is 2. The third kappa shape index (κ3) is 4.61. The molecule has 1 aromatic carbocycles. The van der Waals surface area contributed by atoms with E-state index in [0.717, 1.165) is 16.6 Å². The zero-order valence-corrected chi connectivity index (χ0v) is 23.0. The highest BCUT2D eigenvalue weighted by Gasteiger charge is 2.52. The van der Waals surface area contributed by atoms with E-state index in [4.69, 9.17) is 0 Å². The number of rotatable bonds is 6. The van der Waals surface area contributed by atoms with Crippen LogP contribution in [0.5, 0.6) is 0 Å². The van der Waals surface area contributed by atoms with Gasteiger partial charge in [-0.05, 0) is 67.8 Å². The van der Waals surface area contributed by atoms with Crippen molar-refractivity contribution in [1.29, 1.82) is 0 Å². The van der Waals surface area contributed by atoms with Crippen LogP contribution in [0.2, 0.25) is 0 Å². The third-order valence-electron chi connectivity index (χ3n) is 7.71. The summed E-state index contributed by atoms with van der Waals surface area (Å²) in [5.74, 6) is -1.16. The second-order valence-corrected chi connectivity index (χ2v) is 12.1. The molecule has 15 heteroatoms. The first kappa shape index (κ1) is 27.9. The van der Waals surface area contributed by atoms with Crippen LogP contribution < -0.4 is 4.68 Å². The second-order valence-electron chi connectivity index (χ2n) is 10.2. The van der Waals surface area contributed by atoms with Gasteiger partial charge in [0.25, 0.3) is 10.0 Å². The molecule has 3 aromatic heterocycles. The summed E-state index contributed by atoms with van der Waals surface area (Å²) in [5, 5.41) is 10.7. The molecule has 4 heterocycles. The van der Waals surface area contributed by atoms with Gasteiger partial charge < -0.3 is 0 Å². The summed E-state index contributed by atoms with van der Waals surface area (Å²) < 4.78 is 85.6. The standard InChI is InChI=1S/C27H23F4N7O3S/c1-2-36-15-24(34-35-36)42(40,41)37-10-8-18-12-23-17(14-33-38(23)21-5-3-20(28)4-6-21)13-26(18,16-37)25(39)22-11-19(7-9-32-22)27(29,30)31/h3-7,9,11-12,14-15H,2,8,10,13,16H2,1H3/p+1/t26-/m0/s1. The van der Waals surface area contributed by atoms with Crippen molar-refractivity contribution >= 4 is 21.9 Å². The van der Waals surface area contributed by atoms with E-state index in [2.05, 4.69) is 20.4 Å². The molecular weight excluding hydrogens is 578 g/mol. The molecule has 1 saturated heterocycles. The Morgan fingerprint density at radius 2 is 1.95 bits per heavy atom. The van der Waals surface area contributed by atoms with Crippen LogP contribution in [0.15, 0.2) is 65.6 Å². The zero-order valence-electron chi connectivity index (χ0n) is 22.1. The van der Waals surface area contributed by atoms with Gasteiger partial charge in [0.2, 0.25) is 0 Å². The molecule has 4 aromatic rings. The van der Waals surface area contributed by atoms with E-state index in [1.54, 1.807) is 29.8 Å². The number of Topliss-reactive ketones (excluding diaryl/α,β-unsaturated/α-hetero) is 1. The number of hydrogen-bond donors (Lipinski definition) is 1.